The van der Waals surface area contributed by atoms with E-state index in [0.717, 1.165) is 29.3 Å². The summed E-state index contributed by atoms with van der Waals surface area (Å²) in [4.78, 5) is 4.05. The molecule has 0 saturated heterocycles. The molecule has 0 unspecified atom stereocenters. The highest BCUT2D eigenvalue weighted by molar-refractivity contribution is 5.59. The van der Waals surface area contributed by atoms with Crippen molar-refractivity contribution in [2.24, 2.45) is 0 Å². The molecule has 1 N–H and O–H groups in total. The van der Waals surface area contributed by atoms with Crippen LogP contribution in [0.5, 0.6) is 11.5 Å². The minimum absolute atomic E-state index is 0.780. The maximum atomic E-state index is 5.78. The van der Waals surface area contributed by atoms with Gasteiger partial charge >= 0.3 is 0 Å². The number of para-hydroxylation sites is 1. The summed E-state index contributed by atoms with van der Waals surface area (Å²) in [5.74, 6) is 1.68. The Morgan fingerprint density at radius 1 is 1.13 bits per heavy atom. The second-order valence-corrected chi connectivity index (χ2v) is 3.44. The first-order valence-electron chi connectivity index (χ1n) is 4.87. The molecule has 3 nitrogen and oxygen atoms in total. The molecular weight excluding hydrogens is 188 g/mol. The number of aromatic nitrogens is 1. The molecular formula is C12H10N2O. The fraction of sp³-hybridized carbons (Fsp3) is 0.0833. The predicted molar refractivity (Wildman–Crippen MR) is 58.1 cm³/mol. The lowest BCUT2D eigenvalue weighted by atomic mass is 10.2. The van der Waals surface area contributed by atoms with Crippen LogP contribution in [0.2, 0.25) is 0 Å². The Bertz CT molecular complexity index is 451. The van der Waals surface area contributed by atoms with Crippen LogP contribution in [0.25, 0.3) is 0 Å². The zero-order chi connectivity index (χ0) is 10.1. The van der Waals surface area contributed by atoms with E-state index in [1.807, 2.05) is 24.3 Å². The van der Waals surface area contributed by atoms with E-state index in [1.54, 1.807) is 12.4 Å². The van der Waals surface area contributed by atoms with E-state index in [4.69, 9.17) is 4.74 Å². The molecule has 1 aliphatic heterocycles. The molecule has 1 aromatic carbocycles. The molecule has 0 saturated carbocycles. The molecule has 2 heterocycles. The fourth-order valence-corrected chi connectivity index (χ4v) is 1.67. The molecule has 1 aliphatic rings. The van der Waals surface area contributed by atoms with Crippen molar-refractivity contribution in [2.75, 3.05) is 5.32 Å². The van der Waals surface area contributed by atoms with Gasteiger partial charge in [0.25, 0.3) is 0 Å². The second-order valence-electron chi connectivity index (χ2n) is 3.44. The van der Waals surface area contributed by atoms with E-state index in [9.17, 15) is 0 Å². The SMILES string of the molecule is c1ccc2c(c1)CNc1ccncc1O2. The van der Waals surface area contributed by atoms with Gasteiger partial charge in [-0.1, -0.05) is 18.2 Å². The highest BCUT2D eigenvalue weighted by Crippen LogP contribution is 2.34. The van der Waals surface area contributed by atoms with Crippen LogP contribution in [0.4, 0.5) is 5.69 Å². The molecule has 2 aromatic rings. The Morgan fingerprint density at radius 3 is 3.07 bits per heavy atom. The standard InChI is InChI=1S/C12H10N2O/c1-2-4-11-9(3-1)7-14-10-5-6-13-8-12(10)15-11/h1-6,8,14H,7H2. The first kappa shape index (κ1) is 8.29. The quantitative estimate of drug-likeness (QED) is 0.706. The second kappa shape index (κ2) is 3.28. The van der Waals surface area contributed by atoms with Crippen molar-refractivity contribution in [2.45, 2.75) is 6.54 Å². The molecule has 0 amide bonds. The van der Waals surface area contributed by atoms with Gasteiger partial charge in [-0.15, -0.1) is 0 Å². The van der Waals surface area contributed by atoms with Gasteiger partial charge in [-0.3, -0.25) is 4.98 Å². The number of rotatable bonds is 0. The molecule has 0 aliphatic carbocycles. The van der Waals surface area contributed by atoms with Crippen LogP contribution < -0.4 is 10.1 Å². The van der Waals surface area contributed by atoms with Gasteiger partial charge in [0.15, 0.2) is 5.75 Å². The smallest absolute Gasteiger partial charge is 0.168 e. The maximum absolute atomic E-state index is 5.78. The average molecular weight is 198 g/mol. The topological polar surface area (TPSA) is 34.2 Å². The summed E-state index contributed by atoms with van der Waals surface area (Å²) in [6, 6.07) is 9.93. The Morgan fingerprint density at radius 2 is 2.07 bits per heavy atom. The summed E-state index contributed by atoms with van der Waals surface area (Å²) in [5, 5.41) is 3.32. The van der Waals surface area contributed by atoms with Crippen LogP contribution in [-0.2, 0) is 6.54 Å². The van der Waals surface area contributed by atoms with Crippen molar-refractivity contribution in [3.05, 3.63) is 48.3 Å². The van der Waals surface area contributed by atoms with Crippen LogP contribution in [0.1, 0.15) is 5.56 Å². The lowest BCUT2D eigenvalue weighted by molar-refractivity contribution is 0.481. The largest absolute Gasteiger partial charge is 0.453 e. The van der Waals surface area contributed by atoms with Crippen LogP contribution in [0.3, 0.4) is 0 Å². The van der Waals surface area contributed by atoms with Gasteiger partial charge < -0.3 is 10.1 Å². The molecule has 0 radical (unpaired) electrons. The average Bonchev–Trinajstić information content (AvgIpc) is 2.48. The molecule has 3 heteroatoms. The number of pyridine rings is 1. The first-order valence-corrected chi connectivity index (χ1v) is 4.87. The summed E-state index contributed by atoms with van der Waals surface area (Å²) < 4.78 is 5.78. The van der Waals surface area contributed by atoms with E-state index in [-0.39, 0.29) is 0 Å². The number of nitrogens with zero attached hydrogens (tertiary/aromatic N) is 1. The van der Waals surface area contributed by atoms with Crippen molar-refractivity contribution in [3.63, 3.8) is 0 Å². The van der Waals surface area contributed by atoms with E-state index in [2.05, 4.69) is 16.4 Å². The highest BCUT2D eigenvalue weighted by atomic mass is 16.5. The molecule has 15 heavy (non-hydrogen) atoms. The van der Waals surface area contributed by atoms with E-state index in [0.29, 0.717) is 0 Å². The Hall–Kier alpha value is -2.03. The molecule has 0 bridgehead atoms. The van der Waals surface area contributed by atoms with Crippen molar-refractivity contribution < 1.29 is 4.74 Å². The number of anilines is 1. The summed E-state index contributed by atoms with van der Waals surface area (Å²) in [5.41, 5.74) is 2.15. The summed E-state index contributed by atoms with van der Waals surface area (Å²) in [6.07, 6.45) is 3.48. The summed E-state index contributed by atoms with van der Waals surface area (Å²) in [7, 11) is 0. The third-order valence-corrected chi connectivity index (χ3v) is 2.45. The Labute approximate surface area is 87.7 Å². The van der Waals surface area contributed by atoms with Gasteiger partial charge in [-0.2, -0.15) is 0 Å². The van der Waals surface area contributed by atoms with Crippen molar-refractivity contribution in [1.29, 1.82) is 0 Å². The number of hydrogen-bond acceptors (Lipinski definition) is 3. The van der Waals surface area contributed by atoms with Crippen LogP contribution >= 0.6 is 0 Å². The van der Waals surface area contributed by atoms with E-state index < -0.39 is 0 Å². The highest BCUT2D eigenvalue weighted by Gasteiger charge is 2.12. The van der Waals surface area contributed by atoms with E-state index in [1.165, 1.54) is 0 Å². The summed E-state index contributed by atoms with van der Waals surface area (Å²) in [6.45, 7) is 0.785. The number of hydrogen-bond donors (Lipinski definition) is 1. The molecule has 74 valence electrons. The van der Waals surface area contributed by atoms with Crippen molar-refractivity contribution >= 4 is 5.69 Å². The van der Waals surface area contributed by atoms with Crippen LogP contribution in [0.15, 0.2) is 42.7 Å². The zero-order valence-corrected chi connectivity index (χ0v) is 8.10. The molecule has 3 rings (SSSR count). The first-order chi connectivity index (χ1) is 7.43. The number of benzene rings is 1. The van der Waals surface area contributed by atoms with Crippen LogP contribution in [0, 0.1) is 0 Å². The van der Waals surface area contributed by atoms with Gasteiger partial charge in [0.05, 0.1) is 11.9 Å². The minimum atomic E-state index is 0.780. The zero-order valence-electron chi connectivity index (χ0n) is 8.10. The van der Waals surface area contributed by atoms with Gasteiger partial charge in [0.1, 0.15) is 5.75 Å². The van der Waals surface area contributed by atoms with Gasteiger partial charge in [-0.25, -0.2) is 0 Å². The monoisotopic (exact) mass is 198 g/mol. The molecule has 1 aromatic heterocycles. The normalized spacial score (nSPS) is 12.8. The van der Waals surface area contributed by atoms with Crippen LogP contribution in [-0.4, -0.2) is 4.98 Å². The molecule has 0 fully saturated rings. The fourth-order valence-electron chi connectivity index (χ4n) is 1.67. The number of fused-ring (bicyclic) bond motifs is 2. The Balaban J connectivity index is 2.10. The molecule has 0 atom stereocenters. The van der Waals surface area contributed by atoms with Crippen molar-refractivity contribution in [1.82, 2.24) is 4.98 Å². The third-order valence-electron chi connectivity index (χ3n) is 2.45. The van der Waals surface area contributed by atoms with Gasteiger partial charge in [0, 0.05) is 18.3 Å². The predicted octanol–water partition coefficient (Wildman–Crippen LogP) is 2.80. The van der Waals surface area contributed by atoms with E-state index >= 15 is 0 Å². The number of ether oxygens (including phenoxy) is 1. The Kier molecular flexibility index (Phi) is 1.81. The van der Waals surface area contributed by atoms with Gasteiger partial charge in [-0.05, 0) is 12.1 Å². The summed E-state index contributed by atoms with van der Waals surface area (Å²) >= 11 is 0. The number of nitrogens with one attached hydrogen (secondary N) is 1. The maximum Gasteiger partial charge on any atom is 0.168 e. The lowest BCUT2D eigenvalue weighted by Crippen LogP contribution is -1.96. The molecule has 0 spiro atoms. The third kappa shape index (κ3) is 1.42. The minimum Gasteiger partial charge on any atom is -0.453 e. The lowest BCUT2D eigenvalue weighted by Gasteiger charge is -2.06. The van der Waals surface area contributed by atoms with Crippen molar-refractivity contribution in [3.8, 4) is 11.5 Å². The van der Waals surface area contributed by atoms with Gasteiger partial charge in [0.2, 0.25) is 0 Å².